The highest BCUT2D eigenvalue weighted by atomic mass is 32.2. The summed E-state index contributed by atoms with van der Waals surface area (Å²) in [5, 5.41) is -15.9. The number of ketones is 2. The first kappa shape index (κ1) is 21.4. The summed E-state index contributed by atoms with van der Waals surface area (Å²) < 4.78 is 100. The third-order valence-electron chi connectivity index (χ3n) is 2.36. The Hall–Kier alpha value is -1.57. The molecule has 0 rings (SSSR count). The van der Waals surface area contributed by atoms with Crippen molar-refractivity contribution in [3.8, 4) is 0 Å². The fourth-order valence-electron chi connectivity index (χ4n) is 1.45. The van der Waals surface area contributed by atoms with E-state index in [1.165, 1.54) is 0 Å². The third-order valence-corrected chi connectivity index (χ3v) is 6.23. The van der Waals surface area contributed by atoms with Crippen molar-refractivity contribution in [2.75, 3.05) is 0 Å². The van der Waals surface area contributed by atoms with E-state index >= 15 is 0 Å². The molecule has 0 aromatic rings. The van der Waals surface area contributed by atoms with Gasteiger partial charge < -0.3 is 0 Å². The zero-order valence-electron chi connectivity index (χ0n) is 11.8. The Kier molecular flexibility index (Phi) is 5.72. The van der Waals surface area contributed by atoms with Crippen LogP contribution in [0.25, 0.3) is 0 Å². The zero-order valence-corrected chi connectivity index (χ0v) is 13.4. The molecule has 0 heterocycles. The van der Waals surface area contributed by atoms with Crippen LogP contribution >= 0.6 is 0 Å². The van der Waals surface area contributed by atoms with E-state index in [0.29, 0.717) is 25.5 Å². The van der Waals surface area contributed by atoms with Gasteiger partial charge in [-0.25, -0.2) is 13.1 Å². The molecule has 0 fully saturated rings. The molecule has 1 amide bonds. The molecule has 0 aliphatic carbocycles. The first-order chi connectivity index (χ1) is 9.93. The average Bonchev–Trinajstić information content (AvgIpc) is 2.24. The van der Waals surface area contributed by atoms with E-state index in [1.807, 2.05) is 0 Å². The predicted octanol–water partition coefficient (Wildman–Crippen LogP) is -0.401. The number of amides is 1. The Bertz CT molecular complexity index is 728. The number of Topliss-reactive ketones (excluding diaryl/α,β-unsaturated/α-hetero) is 2. The van der Waals surface area contributed by atoms with Crippen molar-refractivity contribution in [1.82, 2.24) is 4.72 Å². The van der Waals surface area contributed by atoms with E-state index < -0.39 is 53.1 Å². The van der Waals surface area contributed by atoms with Crippen molar-refractivity contribution in [1.29, 1.82) is 0 Å². The van der Waals surface area contributed by atoms with Gasteiger partial charge in [0.05, 0.1) is 0 Å². The molecule has 134 valence electrons. The molecule has 0 bridgehead atoms. The maximum absolute atomic E-state index is 13.7. The molecule has 0 saturated heterocycles. The minimum absolute atomic E-state index is 0.375. The van der Waals surface area contributed by atoms with Crippen molar-refractivity contribution >= 4 is 37.3 Å². The van der Waals surface area contributed by atoms with Gasteiger partial charge in [0.1, 0.15) is 0 Å². The topological polar surface area (TPSA) is 132 Å². The van der Waals surface area contributed by atoms with E-state index in [-0.39, 0.29) is 0 Å². The number of sulfonamides is 1. The molecule has 0 saturated carbocycles. The molecule has 1 N–H and O–H groups in total. The summed E-state index contributed by atoms with van der Waals surface area (Å²) in [4.78, 5) is 32.6. The van der Waals surface area contributed by atoms with Crippen LogP contribution in [0.3, 0.4) is 0 Å². The van der Waals surface area contributed by atoms with Crippen LogP contribution in [-0.2, 0) is 34.2 Å². The summed E-state index contributed by atoms with van der Waals surface area (Å²) >= 11 is 0. The van der Waals surface area contributed by atoms with E-state index in [2.05, 4.69) is 0 Å². The number of hydrogen-bond acceptors (Lipinski definition) is 7. The van der Waals surface area contributed by atoms with Gasteiger partial charge in [0.15, 0.2) is 16.8 Å². The highest BCUT2D eigenvalue weighted by molar-refractivity contribution is 7.97. The van der Waals surface area contributed by atoms with Crippen molar-refractivity contribution in [3.63, 3.8) is 0 Å². The second-order valence-corrected chi connectivity index (χ2v) is 8.14. The SMILES string of the molecule is CC(=O)NS(=O)(=O)C(F)(F)C(F)(F)S(=O)(=O)C(C(C)=O)C(C)=O. The summed E-state index contributed by atoms with van der Waals surface area (Å²) in [5.74, 6) is -5.10. The lowest BCUT2D eigenvalue weighted by molar-refractivity contribution is -0.126. The first-order valence-electron chi connectivity index (χ1n) is 5.46. The smallest absolute Gasteiger partial charge is 0.298 e. The number of hydrogen-bond donors (Lipinski definition) is 1. The molecular formula is C9H11F4NO7S2. The minimum Gasteiger partial charge on any atom is -0.298 e. The molecule has 0 aliphatic rings. The number of carbonyl (C=O) groups excluding carboxylic acids is 3. The number of carbonyl (C=O) groups is 3. The molecule has 0 atom stereocenters. The van der Waals surface area contributed by atoms with Gasteiger partial charge in [0, 0.05) is 6.92 Å². The average molecular weight is 385 g/mol. The summed E-state index contributed by atoms with van der Waals surface area (Å²) in [6, 6.07) is 0. The molecule has 0 radical (unpaired) electrons. The van der Waals surface area contributed by atoms with Crippen LogP contribution in [-0.4, -0.2) is 50.1 Å². The Labute approximate surface area is 128 Å². The van der Waals surface area contributed by atoms with Crippen LogP contribution in [0.15, 0.2) is 0 Å². The van der Waals surface area contributed by atoms with Crippen LogP contribution in [0.2, 0.25) is 0 Å². The molecule has 8 nitrogen and oxygen atoms in total. The molecule has 14 heteroatoms. The van der Waals surface area contributed by atoms with Gasteiger partial charge >= 0.3 is 20.5 Å². The highest BCUT2D eigenvalue weighted by Gasteiger charge is 2.75. The monoisotopic (exact) mass is 385 g/mol. The van der Waals surface area contributed by atoms with Gasteiger partial charge in [0.25, 0.3) is 0 Å². The van der Waals surface area contributed by atoms with Gasteiger partial charge in [-0.3, -0.25) is 14.4 Å². The number of nitrogens with one attached hydrogen (secondary N) is 1. The molecule has 0 aromatic heterocycles. The second kappa shape index (κ2) is 6.14. The lowest BCUT2D eigenvalue weighted by atomic mass is 10.2. The Morgan fingerprint density at radius 3 is 1.43 bits per heavy atom. The van der Waals surface area contributed by atoms with Crippen molar-refractivity contribution in [3.05, 3.63) is 0 Å². The van der Waals surface area contributed by atoms with E-state index in [1.54, 1.807) is 0 Å². The van der Waals surface area contributed by atoms with Gasteiger partial charge in [-0.1, -0.05) is 0 Å². The lowest BCUT2D eigenvalue weighted by Gasteiger charge is -2.27. The van der Waals surface area contributed by atoms with Crippen LogP contribution in [0.4, 0.5) is 17.6 Å². The van der Waals surface area contributed by atoms with E-state index in [9.17, 15) is 48.8 Å². The number of sulfone groups is 1. The standard InChI is InChI=1S/C9H11F4NO7S2/c1-4(15)7(5(2)16)22(18,19)8(10,11)9(12,13)23(20,21)14-6(3)17/h7H,1-3H3,(H,14,17). The summed E-state index contributed by atoms with van der Waals surface area (Å²) in [5.41, 5.74) is 0. The maximum atomic E-state index is 13.7. The van der Waals surface area contributed by atoms with Crippen molar-refractivity contribution in [2.24, 2.45) is 0 Å². The van der Waals surface area contributed by atoms with E-state index in [4.69, 9.17) is 0 Å². The molecule has 23 heavy (non-hydrogen) atoms. The van der Waals surface area contributed by atoms with E-state index in [0.717, 1.165) is 0 Å². The Balaban J connectivity index is 6.40. The summed E-state index contributed by atoms with van der Waals surface area (Å²) in [7, 11) is -13.1. The largest absolute Gasteiger partial charge is 0.440 e. The van der Waals surface area contributed by atoms with Crippen LogP contribution in [0, 0.1) is 0 Å². The maximum Gasteiger partial charge on any atom is 0.440 e. The Morgan fingerprint density at radius 1 is 0.826 bits per heavy atom. The number of halogens is 4. The summed E-state index contributed by atoms with van der Waals surface area (Å²) in [6.07, 6.45) is 0. The number of alkyl halides is 4. The normalized spacial score (nSPS) is 13.7. The van der Waals surface area contributed by atoms with Crippen LogP contribution in [0.5, 0.6) is 0 Å². The zero-order chi connectivity index (χ0) is 19.0. The molecule has 0 aromatic carbocycles. The van der Waals surface area contributed by atoms with Crippen LogP contribution < -0.4 is 4.72 Å². The molecular weight excluding hydrogens is 374 g/mol. The highest BCUT2D eigenvalue weighted by Crippen LogP contribution is 2.44. The van der Waals surface area contributed by atoms with Crippen molar-refractivity contribution in [2.45, 2.75) is 36.5 Å². The van der Waals surface area contributed by atoms with Gasteiger partial charge in [-0.2, -0.15) is 26.0 Å². The third kappa shape index (κ3) is 3.52. The predicted molar refractivity (Wildman–Crippen MR) is 66.7 cm³/mol. The molecule has 0 spiro atoms. The second-order valence-electron chi connectivity index (χ2n) is 4.34. The van der Waals surface area contributed by atoms with Gasteiger partial charge in [0.2, 0.25) is 15.7 Å². The Morgan fingerprint density at radius 2 is 1.17 bits per heavy atom. The fraction of sp³-hybridized carbons (Fsp3) is 0.667. The van der Waals surface area contributed by atoms with Crippen molar-refractivity contribution < 1.29 is 48.8 Å². The quantitative estimate of drug-likeness (QED) is 0.466. The minimum atomic E-state index is -6.59. The fourth-order valence-corrected chi connectivity index (χ4v) is 4.44. The lowest BCUT2D eigenvalue weighted by Crippen LogP contribution is -2.60. The van der Waals surface area contributed by atoms with Crippen LogP contribution in [0.1, 0.15) is 20.8 Å². The summed E-state index contributed by atoms with van der Waals surface area (Å²) in [6.45, 7) is 1.15. The molecule has 0 unspecified atom stereocenters. The first-order valence-corrected chi connectivity index (χ1v) is 8.49. The number of rotatable bonds is 7. The van der Waals surface area contributed by atoms with Gasteiger partial charge in [-0.15, -0.1) is 0 Å². The molecule has 0 aliphatic heterocycles. The van der Waals surface area contributed by atoms with Gasteiger partial charge in [-0.05, 0) is 13.8 Å².